The third-order valence-corrected chi connectivity index (χ3v) is 6.54. The highest BCUT2D eigenvalue weighted by atomic mass is 16.5. The van der Waals surface area contributed by atoms with Gasteiger partial charge in [0.15, 0.2) is 0 Å². The summed E-state index contributed by atoms with van der Waals surface area (Å²) in [6.45, 7) is 17.4. The van der Waals surface area contributed by atoms with Gasteiger partial charge in [-0.05, 0) is 63.2 Å². The van der Waals surface area contributed by atoms with Crippen LogP contribution in [0.25, 0.3) is 0 Å². The third kappa shape index (κ3) is 3.32. The summed E-state index contributed by atoms with van der Waals surface area (Å²) in [5.41, 5.74) is 1.00. The minimum Gasteiger partial charge on any atom is -0.373 e. The molecule has 124 valence electrons. The number of nitrogens with one attached hydrogen (secondary N) is 1. The number of hydrogen-bond acceptors (Lipinski definition) is 2. The van der Waals surface area contributed by atoms with Crippen molar-refractivity contribution in [3.05, 3.63) is 0 Å². The number of hydrogen-bond donors (Lipinski definition) is 1. The van der Waals surface area contributed by atoms with Crippen LogP contribution in [0, 0.1) is 16.7 Å². The largest absolute Gasteiger partial charge is 0.373 e. The second-order valence-corrected chi connectivity index (χ2v) is 9.28. The van der Waals surface area contributed by atoms with E-state index < -0.39 is 0 Å². The summed E-state index contributed by atoms with van der Waals surface area (Å²) < 4.78 is 6.66. The first kappa shape index (κ1) is 17.3. The van der Waals surface area contributed by atoms with E-state index in [1.807, 2.05) is 0 Å². The molecular weight excluding hydrogens is 258 g/mol. The Morgan fingerprint density at radius 1 is 1.24 bits per heavy atom. The van der Waals surface area contributed by atoms with Crippen LogP contribution in [0.15, 0.2) is 0 Å². The van der Waals surface area contributed by atoms with Gasteiger partial charge in [0.1, 0.15) is 0 Å². The molecule has 0 aromatic heterocycles. The zero-order chi connectivity index (χ0) is 15.9. The highest BCUT2D eigenvalue weighted by molar-refractivity contribution is 5.11. The fourth-order valence-electron chi connectivity index (χ4n) is 4.53. The molecule has 2 bridgehead atoms. The van der Waals surface area contributed by atoms with Crippen molar-refractivity contribution in [2.75, 3.05) is 6.54 Å². The van der Waals surface area contributed by atoms with Gasteiger partial charge < -0.3 is 10.1 Å². The van der Waals surface area contributed by atoms with Crippen LogP contribution in [0.5, 0.6) is 0 Å². The number of ether oxygens (including phenoxy) is 1. The molecule has 0 aromatic carbocycles. The quantitative estimate of drug-likeness (QED) is 0.762. The molecule has 4 atom stereocenters. The SMILES string of the molecule is CCCC(CNC(C)(C)C)OC1CC2CCC1(C)C2(C)C. The molecule has 0 aromatic rings. The summed E-state index contributed by atoms with van der Waals surface area (Å²) in [4.78, 5) is 0. The summed E-state index contributed by atoms with van der Waals surface area (Å²) >= 11 is 0. The van der Waals surface area contributed by atoms with Crippen LogP contribution in [0.4, 0.5) is 0 Å². The first-order valence-electron chi connectivity index (χ1n) is 9.00. The lowest BCUT2D eigenvalue weighted by Gasteiger charge is -2.40. The van der Waals surface area contributed by atoms with Gasteiger partial charge in [-0.3, -0.25) is 0 Å². The fourth-order valence-corrected chi connectivity index (χ4v) is 4.53. The van der Waals surface area contributed by atoms with Gasteiger partial charge in [0.25, 0.3) is 0 Å². The van der Waals surface area contributed by atoms with E-state index in [-0.39, 0.29) is 5.54 Å². The van der Waals surface area contributed by atoms with Crippen LogP contribution in [-0.2, 0) is 4.74 Å². The molecule has 21 heavy (non-hydrogen) atoms. The predicted octanol–water partition coefficient (Wildman–Crippen LogP) is 4.77. The van der Waals surface area contributed by atoms with Gasteiger partial charge in [0.2, 0.25) is 0 Å². The van der Waals surface area contributed by atoms with E-state index in [0.29, 0.717) is 23.0 Å². The van der Waals surface area contributed by atoms with Crippen LogP contribution >= 0.6 is 0 Å². The predicted molar refractivity (Wildman–Crippen MR) is 90.6 cm³/mol. The van der Waals surface area contributed by atoms with E-state index in [1.165, 1.54) is 32.1 Å². The van der Waals surface area contributed by atoms with Crippen molar-refractivity contribution >= 4 is 0 Å². The van der Waals surface area contributed by atoms with Crippen LogP contribution in [-0.4, -0.2) is 24.3 Å². The van der Waals surface area contributed by atoms with E-state index >= 15 is 0 Å². The topological polar surface area (TPSA) is 21.3 Å². The van der Waals surface area contributed by atoms with Gasteiger partial charge >= 0.3 is 0 Å². The molecule has 4 unspecified atom stereocenters. The van der Waals surface area contributed by atoms with Crippen LogP contribution in [0.2, 0.25) is 0 Å². The van der Waals surface area contributed by atoms with Gasteiger partial charge in [-0.15, -0.1) is 0 Å². The lowest BCUT2D eigenvalue weighted by Crippen LogP contribution is -2.45. The number of fused-ring (bicyclic) bond motifs is 2. The van der Waals surface area contributed by atoms with Crippen molar-refractivity contribution in [1.82, 2.24) is 5.32 Å². The summed E-state index contributed by atoms with van der Waals surface area (Å²) in [5.74, 6) is 0.866. The Labute approximate surface area is 132 Å². The summed E-state index contributed by atoms with van der Waals surface area (Å²) in [6, 6.07) is 0. The van der Waals surface area contributed by atoms with Crippen molar-refractivity contribution in [3.63, 3.8) is 0 Å². The molecule has 0 radical (unpaired) electrons. The molecule has 2 heteroatoms. The second kappa shape index (κ2) is 5.85. The van der Waals surface area contributed by atoms with E-state index in [2.05, 4.69) is 53.8 Å². The third-order valence-electron chi connectivity index (χ3n) is 6.54. The monoisotopic (exact) mass is 295 g/mol. The summed E-state index contributed by atoms with van der Waals surface area (Å²) in [6.07, 6.45) is 7.23. The van der Waals surface area contributed by atoms with Crippen molar-refractivity contribution in [2.45, 2.75) is 98.3 Å². The minimum atomic E-state index is 0.174. The zero-order valence-electron chi connectivity index (χ0n) is 15.4. The average molecular weight is 296 g/mol. The number of rotatable bonds is 6. The molecule has 1 N–H and O–H groups in total. The van der Waals surface area contributed by atoms with E-state index in [4.69, 9.17) is 4.74 Å². The van der Waals surface area contributed by atoms with Crippen LogP contribution < -0.4 is 5.32 Å². The maximum atomic E-state index is 6.66. The van der Waals surface area contributed by atoms with Gasteiger partial charge in [0, 0.05) is 12.1 Å². The van der Waals surface area contributed by atoms with Gasteiger partial charge in [-0.2, -0.15) is 0 Å². The Bertz CT molecular complexity index is 357. The van der Waals surface area contributed by atoms with Crippen LogP contribution in [0.1, 0.15) is 80.6 Å². The lowest BCUT2D eigenvalue weighted by molar-refractivity contribution is -0.0889. The molecular formula is C19H37NO. The molecule has 2 aliphatic rings. The molecule has 0 amide bonds. The van der Waals surface area contributed by atoms with Gasteiger partial charge in [-0.25, -0.2) is 0 Å². The van der Waals surface area contributed by atoms with Crippen molar-refractivity contribution in [2.24, 2.45) is 16.7 Å². The summed E-state index contributed by atoms with van der Waals surface area (Å²) in [5, 5.41) is 3.63. The van der Waals surface area contributed by atoms with Crippen molar-refractivity contribution < 1.29 is 4.74 Å². The minimum absolute atomic E-state index is 0.174. The fraction of sp³-hybridized carbons (Fsp3) is 1.00. The van der Waals surface area contributed by atoms with Crippen molar-refractivity contribution in [3.8, 4) is 0 Å². The molecule has 2 saturated carbocycles. The standard InChI is InChI=1S/C19H37NO/c1-8-9-15(13-20-17(2,3)4)21-16-12-14-10-11-19(16,7)18(14,5)6/h14-16,20H,8-13H2,1-7H3. The molecule has 0 spiro atoms. The highest BCUT2D eigenvalue weighted by Crippen LogP contribution is 2.66. The van der Waals surface area contributed by atoms with Gasteiger partial charge in [-0.1, -0.05) is 34.1 Å². The van der Waals surface area contributed by atoms with E-state index in [9.17, 15) is 0 Å². The van der Waals surface area contributed by atoms with Crippen LogP contribution in [0.3, 0.4) is 0 Å². The Balaban J connectivity index is 1.98. The first-order valence-corrected chi connectivity index (χ1v) is 9.00. The van der Waals surface area contributed by atoms with E-state index in [1.54, 1.807) is 0 Å². The smallest absolute Gasteiger partial charge is 0.0703 e. The molecule has 0 saturated heterocycles. The maximum absolute atomic E-state index is 6.66. The molecule has 2 rings (SSSR count). The molecule has 2 nitrogen and oxygen atoms in total. The normalized spacial score (nSPS) is 36.1. The average Bonchev–Trinajstić information content (AvgIpc) is 2.68. The Morgan fingerprint density at radius 2 is 1.90 bits per heavy atom. The van der Waals surface area contributed by atoms with E-state index in [0.717, 1.165) is 12.5 Å². The Kier molecular flexibility index (Phi) is 4.81. The Hall–Kier alpha value is -0.0800. The highest BCUT2D eigenvalue weighted by Gasteiger charge is 2.62. The first-order chi connectivity index (χ1) is 9.60. The lowest BCUT2D eigenvalue weighted by atomic mass is 9.70. The second-order valence-electron chi connectivity index (χ2n) is 9.28. The molecule has 2 aliphatic carbocycles. The molecule has 2 fully saturated rings. The van der Waals surface area contributed by atoms with Crippen molar-refractivity contribution in [1.29, 1.82) is 0 Å². The maximum Gasteiger partial charge on any atom is 0.0703 e. The molecule has 0 aliphatic heterocycles. The van der Waals surface area contributed by atoms with Gasteiger partial charge in [0.05, 0.1) is 12.2 Å². The zero-order valence-corrected chi connectivity index (χ0v) is 15.4. The Morgan fingerprint density at radius 3 is 2.33 bits per heavy atom. The summed E-state index contributed by atoms with van der Waals surface area (Å²) in [7, 11) is 0. The molecule has 0 heterocycles.